The van der Waals surface area contributed by atoms with Crippen molar-refractivity contribution in [3.05, 3.63) is 0 Å². The van der Waals surface area contributed by atoms with E-state index < -0.39 is 0 Å². The predicted octanol–water partition coefficient (Wildman–Crippen LogP) is 3.32. The summed E-state index contributed by atoms with van der Waals surface area (Å²) in [7, 11) is 0. The Bertz CT molecular complexity index is 66.1. The Morgan fingerprint density at radius 1 is 0.889 bits per heavy atom. The van der Waals surface area contributed by atoms with Crippen LogP contribution >= 0.6 is 0 Å². The number of hydrogen-bond donors (Lipinski definition) is 0. The average Bonchev–Trinajstić information content (AvgIpc) is 1.85. The van der Waals surface area contributed by atoms with Gasteiger partial charge in [-0.3, -0.25) is 0 Å². The molecule has 9 heavy (non-hydrogen) atoms. The van der Waals surface area contributed by atoms with Crippen LogP contribution in [0.3, 0.4) is 0 Å². The van der Waals surface area contributed by atoms with Crippen LogP contribution in [-0.2, 0) is 0 Å². The van der Waals surface area contributed by atoms with Crippen LogP contribution in [0.2, 0.25) is 0 Å². The quantitative estimate of drug-likeness (QED) is 0.469. The highest BCUT2D eigenvalue weighted by Gasteiger charge is 2.24. The summed E-state index contributed by atoms with van der Waals surface area (Å²) in [5, 5.41) is 0. The van der Waals surface area contributed by atoms with Crippen molar-refractivity contribution in [1.82, 2.24) is 0 Å². The molecule has 1 aliphatic rings. The van der Waals surface area contributed by atoms with Gasteiger partial charge in [0.05, 0.1) is 0 Å². The van der Waals surface area contributed by atoms with Crippen molar-refractivity contribution >= 4 is 0 Å². The minimum Gasteiger partial charge on any atom is -0.0776 e. The molecule has 56 valence electrons. The van der Waals surface area contributed by atoms with E-state index in [2.05, 4.69) is 20.8 Å². The second-order valence-electron chi connectivity index (χ2n) is 3.53. The van der Waals surface area contributed by atoms with Crippen molar-refractivity contribution < 1.29 is 0 Å². The van der Waals surface area contributed by atoms with Crippen molar-refractivity contribution in [2.45, 2.75) is 41.0 Å². The largest absolute Gasteiger partial charge is 0.0776 e. The first-order chi connectivity index (χ1) is 3.70. The second-order valence-corrected chi connectivity index (χ2v) is 3.53. The van der Waals surface area contributed by atoms with Crippen molar-refractivity contribution in [1.29, 1.82) is 0 Å². The van der Waals surface area contributed by atoms with Gasteiger partial charge < -0.3 is 0 Å². The van der Waals surface area contributed by atoms with Crippen LogP contribution in [0.25, 0.3) is 0 Å². The maximum atomic E-state index is 2.37. The zero-order chi connectivity index (χ0) is 6.15. The molecule has 0 saturated heterocycles. The summed E-state index contributed by atoms with van der Waals surface area (Å²) in [5.74, 6) is 2.98. The Labute approximate surface area is 59.7 Å². The Balaban J connectivity index is 0.000000640. The van der Waals surface area contributed by atoms with E-state index in [1.54, 1.807) is 0 Å². The van der Waals surface area contributed by atoms with E-state index in [1.165, 1.54) is 12.8 Å². The lowest BCUT2D eigenvalue weighted by molar-refractivity contribution is 0.457. The van der Waals surface area contributed by atoms with Crippen LogP contribution in [0.15, 0.2) is 0 Å². The zero-order valence-electron chi connectivity index (χ0n) is 6.15. The summed E-state index contributed by atoms with van der Waals surface area (Å²) in [6.45, 7) is 7.10. The fourth-order valence-electron chi connectivity index (χ4n) is 1.83. The van der Waals surface area contributed by atoms with Crippen LogP contribution in [0.1, 0.15) is 41.0 Å². The molecule has 0 aromatic rings. The smallest absolute Gasteiger partial charge is 0.0414 e. The van der Waals surface area contributed by atoms with Gasteiger partial charge in [0.2, 0.25) is 0 Å². The maximum absolute atomic E-state index is 2.37. The summed E-state index contributed by atoms with van der Waals surface area (Å²) in [4.78, 5) is 0. The van der Waals surface area contributed by atoms with Gasteiger partial charge in [-0.15, -0.1) is 0 Å². The molecule has 0 N–H and O–H groups in total. The summed E-state index contributed by atoms with van der Waals surface area (Å²) in [6.07, 6.45) is 2.92. The summed E-state index contributed by atoms with van der Waals surface area (Å²) in [5.41, 5.74) is 0. The fraction of sp³-hybridized carbons (Fsp3) is 1.00. The molecule has 0 heteroatoms. The normalized spacial score (nSPS) is 42.3. The number of rotatable bonds is 0. The van der Waals surface area contributed by atoms with Gasteiger partial charge in [0.25, 0.3) is 0 Å². The molecule has 0 heterocycles. The topological polar surface area (TPSA) is 0 Å². The molecule has 2 atom stereocenters. The number of hydrogen-bond acceptors (Lipinski definition) is 0. The molecule has 1 rings (SSSR count). The Morgan fingerprint density at radius 2 is 1.22 bits per heavy atom. The minimum atomic E-state index is 0. The molecule has 0 amide bonds. The van der Waals surface area contributed by atoms with Gasteiger partial charge in [-0.25, -0.2) is 0 Å². The predicted molar refractivity (Wildman–Crippen MR) is 43.5 cm³/mol. The van der Waals surface area contributed by atoms with Crippen LogP contribution in [0.4, 0.5) is 0 Å². The molecule has 0 radical (unpaired) electrons. The molecule has 2 unspecified atom stereocenters. The third kappa shape index (κ3) is 2.00. The molecule has 0 bridgehead atoms. The molecule has 1 aliphatic carbocycles. The first kappa shape index (κ1) is 9.00. The monoisotopic (exact) mass is 128 g/mol. The van der Waals surface area contributed by atoms with Gasteiger partial charge in [0.1, 0.15) is 0 Å². The van der Waals surface area contributed by atoms with E-state index in [4.69, 9.17) is 0 Å². The molecule has 0 spiro atoms. The molecule has 1 saturated carbocycles. The highest BCUT2D eigenvalue weighted by molar-refractivity contribution is 4.74. The van der Waals surface area contributed by atoms with Gasteiger partial charge in [-0.05, 0) is 30.6 Å². The Kier molecular flexibility index (Phi) is 3.24. The Morgan fingerprint density at radius 3 is 1.33 bits per heavy atom. The van der Waals surface area contributed by atoms with Crippen LogP contribution < -0.4 is 0 Å². The lowest BCUT2D eigenvalue weighted by atomic mass is 10.0. The molecular weight excluding hydrogens is 108 g/mol. The third-order valence-electron chi connectivity index (χ3n) is 2.52. The minimum absolute atomic E-state index is 0. The highest BCUT2D eigenvalue weighted by atomic mass is 14.3. The molecule has 0 nitrogen and oxygen atoms in total. The van der Waals surface area contributed by atoms with Crippen LogP contribution in [0.5, 0.6) is 0 Å². The lowest BCUT2D eigenvalue weighted by Gasteiger charge is -2.04. The van der Waals surface area contributed by atoms with E-state index in [-0.39, 0.29) is 7.43 Å². The van der Waals surface area contributed by atoms with Crippen molar-refractivity contribution in [3.8, 4) is 0 Å². The summed E-state index contributed by atoms with van der Waals surface area (Å²) >= 11 is 0. The molecular formula is C9H20. The van der Waals surface area contributed by atoms with E-state index in [9.17, 15) is 0 Å². The van der Waals surface area contributed by atoms with Crippen LogP contribution in [0, 0.1) is 17.8 Å². The van der Waals surface area contributed by atoms with Crippen LogP contribution in [-0.4, -0.2) is 0 Å². The molecule has 0 aromatic carbocycles. The maximum Gasteiger partial charge on any atom is -0.0414 e. The third-order valence-corrected chi connectivity index (χ3v) is 2.52. The highest BCUT2D eigenvalue weighted by Crippen LogP contribution is 2.34. The van der Waals surface area contributed by atoms with Crippen molar-refractivity contribution in [2.75, 3.05) is 0 Å². The Hall–Kier alpha value is 0. The molecule has 0 aliphatic heterocycles. The van der Waals surface area contributed by atoms with Crippen molar-refractivity contribution in [3.63, 3.8) is 0 Å². The van der Waals surface area contributed by atoms with E-state index >= 15 is 0 Å². The SMILES string of the molecule is C.CC1CC(C)C(C)C1. The molecule has 0 aromatic heterocycles. The van der Waals surface area contributed by atoms with Crippen molar-refractivity contribution in [2.24, 2.45) is 17.8 Å². The van der Waals surface area contributed by atoms with E-state index in [0.717, 1.165) is 17.8 Å². The summed E-state index contributed by atoms with van der Waals surface area (Å²) < 4.78 is 0. The average molecular weight is 128 g/mol. The first-order valence-corrected chi connectivity index (χ1v) is 3.70. The first-order valence-electron chi connectivity index (χ1n) is 3.70. The van der Waals surface area contributed by atoms with Gasteiger partial charge in [0.15, 0.2) is 0 Å². The van der Waals surface area contributed by atoms with E-state index in [1.807, 2.05) is 0 Å². The zero-order valence-corrected chi connectivity index (χ0v) is 6.15. The summed E-state index contributed by atoms with van der Waals surface area (Å²) in [6, 6.07) is 0. The van der Waals surface area contributed by atoms with Gasteiger partial charge in [0, 0.05) is 0 Å². The van der Waals surface area contributed by atoms with Gasteiger partial charge in [-0.2, -0.15) is 0 Å². The van der Waals surface area contributed by atoms with E-state index in [0.29, 0.717) is 0 Å². The van der Waals surface area contributed by atoms with Gasteiger partial charge in [-0.1, -0.05) is 28.2 Å². The fourth-order valence-corrected chi connectivity index (χ4v) is 1.83. The standard InChI is InChI=1S/C8H16.CH4/c1-6-4-7(2)8(3)5-6;/h6-8H,4-5H2,1-3H3;1H4. The lowest BCUT2D eigenvalue weighted by Crippen LogP contribution is -1.95. The molecule has 1 fully saturated rings. The van der Waals surface area contributed by atoms with Gasteiger partial charge >= 0.3 is 0 Å². The second kappa shape index (κ2) is 3.24.